The van der Waals surface area contributed by atoms with Crippen molar-refractivity contribution in [2.24, 2.45) is 17.4 Å². The van der Waals surface area contributed by atoms with Gasteiger partial charge in [0.15, 0.2) is 0 Å². The number of hydrogen-bond donors (Lipinski definition) is 8. The molecule has 0 aliphatic carbocycles. The first-order valence-corrected chi connectivity index (χ1v) is 14.2. The van der Waals surface area contributed by atoms with Crippen molar-refractivity contribution in [1.29, 1.82) is 0 Å². The van der Waals surface area contributed by atoms with Crippen LogP contribution in [0.3, 0.4) is 0 Å². The number of imidazole rings is 1. The number of nitrogens with one attached hydrogen (secondary N) is 5. The minimum Gasteiger partial charge on any atom is -0.480 e. The van der Waals surface area contributed by atoms with Crippen LogP contribution >= 0.6 is 0 Å². The highest BCUT2D eigenvalue weighted by Crippen LogP contribution is 2.19. The number of aromatic amines is 2. The van der Waals surface area contributed by atoms with Gasteiger partial charge in [0, 0.05) is 41.8 Å². The molecule has 2 aromatic heterocycles. The van der Waals surface area contributed by atoms with E-state index in [0.29, 0.717) is 37.9 Å². The Morgan fingerprint density at radius 2 is 1.62 bits per heavy atom. The Morgan fingerprint density at radius 3 is 2.29 bits per heavy atom. The van der Waals surface area contributed by atoms with Crippen LogP contribution in [0.15, 0.2) is 43.0 Å². The number of benzene rings is 1. The summed E-state index contributed by atoms with van der Waals surface area (Å²) in [7, 11) is 0. The lowest BCUT2D eigenvalue weighted by Crippen LogP contribution is -2.58. The van der Waals surface area contributed by atoms with Gasteiger partial charge >= 0.3 is 5.97 Å². The van der Waals surface area contributed by atoms with E-state index in [1.54, 1.807) is 6.20 Å². The number of aliphatic carboxylic acids is 1. The number of para-hydroxylation sites is 1. The largest absolute Gasteiger partial charge is 0.480 e. The van der Waals surface area contributed by atoms with Crippen molar-refractivity contribution in [3.63, 3.8) is 0 Å². The first kappa shape index (κ1) is 32.3. The molecule has 0 aliphatic heterocycles. The average Bonchev–Trinajstić information content (AvgIpc) is 3.61. The minimum absolute atomic E-state index is 0.0212. The van der Waals surface area contributed by atoms with Gasteiger partial charge in [-0.2, -0.15) is 0 Å². The van der Waals surface area contributed by atoms with Crippen molar-refractivity contribution in [1.82, 2.24) is 30.9 Å². The van der Waals surface area contributed by atoms with Gasteiger partial charge in [-0.1, -0.05) is 32.0 Å². The first-order chi connectivity index (χ1) is 20.1. The zero-order valence-electron chi connectivity index (χ0n) is 24.1. The topological polar surface area (TPSA) is 221 Å². The molecule has 13 heteroatoms. The predicted octanol–water partition coefficient (Wildman–Crippen LogP) is 0.718. The molecule has 3 amide bonds. The second kappa shape index (κ2) is 15.7. The Labute approximate surface area is 244 Å². The maximum absolute atomic E-state index is 13.5. The lowest BCUT2D eigenvalue weighted by atomic mass is 10.0. The molecule has 4 atom stereocenters. The zero-order valence-corrected chi connectivity index (χ0v) is 24.1. The fourth-order valence-corrected chi connectivity index (χ4v) is 4.75. The molecule has 0 saturated carbocycles. The smallest absolute Gasteiger partial charge is 0.326 e. The van der Waals surface area contributed by atoms with Crippen LogP contribution in [0.4, 0.5) is 0 Å². The molecule has 13 nitrogen and oxygen atoms in total. The van der Waals surface area contributed by atoms with Gasteiger partial charge in [0.25, 0.3) is 0 Å². The normalized spacial score (nSPS) is 14.2. The summed E-state index contributed by atoms with van der Waals surface area (Å²) in [5, 5.41) is 18.8. The molecule has 0 fully saturated rings. The first-order valence-electron chi connectivity index (χ1n) is 14.2. The number of nitrogens with two attached hydrogens (primary N) is 2. The summed E-state index contributed by atoms with van der Waals surface area (Å²) in [6.45, 7) is 4.31. The van der Waals surface area contributed by atoms with Gasteiger partial charge in [0.1, 0.15) is 18.1 Å². The maximum atomic E-state index is 13.5. The van der Waals surface area contributed by atoms with Crippen molar-refractivity contribution in [3.8, 4) is 0 Å². The fraction of sp³-hybridized carbons (Fsp3) is 0.483. The Kier molecular flexibility index (Phi) is 12.1. The van der Waals surface area contributed by atoms with Crippen LogP contribution < -0.4 is 27.4 Å². The number of unbranched alkanes of at least 4 members (excludes halogenated alkanes) is 1. The van der Waals surface area contributed by atoms with Crippen LogP contribution in [-0.4, -0.2) is 74.5 Å². The molecular weight excluding hydrogens is 540 g/mol. The van der Waals surface area contributed by atoms with E-state index in [9.17, 15) is 24.3 Å². The highest BCUT2D eigenvalue weighted by molar-refractivity contribution is 5.94. The standard InChI is InChI=1S/C29H42N8O5/c1-17(2)11-21(31)26(38)35-23(9-5-6-10-30)27(39)36-24(13-19-15-32-16-34-19)28(40)37-25(29(41)42)12-18-14-33-22-8-4-3-7-20(18)22/h3-4,7-8,14-17,21,23-25,33H,5-6,9-13,30-31H2,1-2H3,(H,32,34)(H,35,38)(H,36,39)(H,37,40)(H,41,42). The summed E-state index contributed by atoms with van der Waals surface area (Å²) in [6, 6.07) is 3.30. The van der Waals surface area contributed by atoms with Gasteiger partial charge < -0.3 is 42.5 Å². The van der Waals surface area contributed by atoms with E-state index in [1.807, 2.05) is 38.1 Å². The summed E-state index contributed by atoms with van der Waals surface area (Å²) in [4.78, 5) is 61.9. The summed E-state index contributed by atoms with van der Waals surface area (Å²) in [5.74, 6) is -2.76. The summed E-state index contributed by atoms with van der Waals surface area (Å²) in [5.41, 5.74) is 13.8. The van der Waals surface area contributed by atoms with E-state index in [1.165, 1.54) is 12.5 Å². The van der Waals surface area contributed by atoms with Crippen molar-refractivity contribution < 1.29 is 24.3 Å². The number of carbonyl (C=O) groups is 4. The van der Waals surface area contributed by atoms with E-state index < -0.39 is 47.9 Å². The molecular formula is C29H42N8O5. The fourth-order valence-electron chi connectivity index (χ4n) is 4.75. The molecule has 0 bridgehead atoms. The van der Waals surface area contributed by atoms with E-state index >= 15 is 0 Å². The Bertz CT molecular complexity index is 1320. The molecule has 228 valence electrons. The monoisotopic (exact) mass is 582 g/mol. The summed E-state index contributed by atoms with van der Waals surface area (Å²) in [6.07, 6.45) is 6.67. The third-order valence-electron chi connectivity index (χ3n) is 6.97. The van der Waals surface area contributed by atoms with Crippen LogP contribution in [0, 0.1) is 5.92 Å². The third-order valence-corrected chi connectivity index (χ3v) is 6.97. The van der Waals surface area contributed by atoms with Gasteiger partial charge in [-0.15, -0.1) is 0 Å². The van der Waals surface area contributed by atoms with Crippen LogP contribution in [-0.2, 0) is 32.0 Å². The number of carboxylic acids is 1. The highest BCUT2D eigenvalue weighted by atomic mass is 16.4. The third kappa shape index (κ3) is 9.42. The van der Waals surface area contributed by atoms with Gasteiger partial charge in [-0.25, -0.2) is 9.78 Å². The van der Waals surface area contributed by atoms with Crippen molar-refractivity contribution in [3.05, 3.63) is 54.2 Å². The van der Waals surface area contributed by atoms with Crippen molar-refractivity contribution in [2.45, 2.75) is 76.5 Å². The van der Waals surface area contributed by atoms with Gasteiger partial charge in [0.05, 0.1) is 12.4 Å². The lowest BCUT2D eigenvalue weighted by molar-refractivity contribution is -0.142. The molecule has 3 aromatic rings. The van der Waals surface area contributed by atoms with Crippen LogP contribution in [0.2, 0.25) is 0 Å². The van der Waals surface area contributed by atoms with Crippen molar-refractivity contribution in [2.75, 3.05) is 6.54 Å². The Morgan fingerprint density at radius 1 is 0.929 bits per heavy atom. The molecule has 0 radical (unpaired) electrons. The molecule has 42 heavy (non-hydrogen) atoms. The Balaban J connectivity index is 1.77. The number of rotatable bonds is 17. The molecule has 3 rings (SSSR count). The predicted molar refractivity (Wildman–Crippen MR) is 158 cm³/mol. The highest BCUT2D eigenvalue weighted by Gasteiger charge is 2.31. The van der Waals surface area contributed by atoms with E-state index in [2.05, 4.69) is 30.9 Å². The Hall–Kier alpha value is -4.23. The number of aromatic nitrogens is 3. The molecule has 10 N–H and O–H groups in total. The summed E-state index contributed by atoms with van der Waals surface area (Å²) >= 11 is 0. The lowest BCUT2D eigenvalue weighted by Gasteiger charge is -2.25. The number of hydrogen-bond acceptors (Lipinski definition) is 7. The van der Waals surface area contributed by atoms with Gasteiger partial charge in [0.2, 0.25) is 17.7 Å². The number of fused-ring (bicyclic) bond motifs is 1. The number of H-pyrrole nitrogens is 2. The molecule has 0 spiro atoms. The van der Waals surface area contributed by atoms with E-state index in [-0.39, 0.29) is 18.8 Å². The quantitative estimate of drug-likeness (QED) is 0.106. The number of amides is 3. The maximum Gasteiger partial charge on any atom is 0.326 e. The molecule has 1 aromatic carbocycles. The van der Waals surface area contributed by atoms with Crippen LogP contribution in [0.5, 0.6) is 0 Å². The second-order valence-corrected chi connectivity index (χ2v) is 10.9. The zero-order chi connectivity index (χ0) is 30.6. The molecule has 4 unspecified atom stereocenters. The molecule has 0 aliphatic rings. The van der Waals surface area contributed by atoms with Gasteiger partial charge in [-0.05, 0) is 49.8 Å². The number of carbonyl (C=O) groups excluding carboxylic acids is 3. The van der Waals surface area contributed by atoms with Crippen LogP contribution in [0.25, 0.3) is 10.9 Å². The van der Waals surface area contributed by atoms with E-state index in [0.717, 1.165) is 16.5 Å². The van der Waals surface area contributed by atoms with Crippen LogP contribution in [0.1, 0.15) is 50.8 Å². The number of nitrogens with zero attached hydrogens (tertiary/aromatic N) is 1. The molecule has 0 saturated heterocycles. The summed E-state index contributed by atoms with van der Waals surface area (Å²) < 4.78 is 0. The second-order valence-electron chi connectivity index (χ2n) is 10.9. The number of carboxylic acid groups (broad SMARTS) is 1. The van der Waals surface area contributed by atoms with Gasteiger partial charge in [-0.3, -0.25) is 14.4 Å². The van der Waals surface area contributed by atoms with E-state index in [4.69, 9.17) is 11.5 Å². The average molecular weight is 583 g/mol. The molecule has 2 heterocycles. The van der Waals surface area contributed by atoms with Crippen molar-refractivity contribution >= 4 is 34.6 Å². The minimum atomic E-state index is -1.26. The SMILES string of the molecule is CC(C)CC(N)C(=O)NC(CCCCN)C(=O)NC(Cc1cnc[nH]1)C(=O)NC(Cc1c[nH]c2ccccc12)C(=O)O.